The largest absolute Gasteiger partial charge is 0.444 e. The summed E-state index contributed by atoms with van der Waals surface area (Å²) in [7, 11) is 1.80. The molecule has 0 aromatic heterocycles. The number of likely N-dealkylation sites (N-methyl/N-ethyl adjacent to an activating group) is 1. The zero-order chi connectivity index (χ0) is 19.0. The van der Waals surface area contributed by atoms with Crippen molar-refractivity contribution in [3.63, 3.8) is 0 Å². The smallest absolute Gasteiger partial charge is 0.410 e. The summed E-state index contributed by atoms with van der Waals surface area (Å²) in [4.78, 5) is 13.9. The molecule has 142 valence electrons. The monoisotopic (exact) mass is 357 g/mol. The minimum Gasteiger partial charge on any atom is -0.444 e. The highest BCUT2D eigenvalue weighted by atomic mass is 19.1. The van der Waals surface area contributed by atoms with Crippen LogP contribution in [0.3, 0.4) is 0 Å². The van der Waals surface area contributed by atoms with Crippen LogP contribution in [-0.4, -0.2) is 49.3 Å². The molecule has 1 aromatic rings. The fourth-order valence-corrected chi connectivity index (χ4v) is 2.32. The molecule has 7 heteroatoms. The maximum Gasteiger partial charge on any atom is 0.410 e. The molecule has 0 fully saturated rings. The number of hydrogen-bond acceptors (Lipinski definition) is 4. The molecule has 25 heavy (non-hydrogen) atoms. The van der Waals surface area contributed by atoms with E-state index in [-0.39, 0.29) is 6.04 Å². The van der Waals surface area contributed by atoms with Crippen LogP contribution in [0, 0.1) is 11.6 Å². The second-order valence-electron chi connectivity index (χ2n) is 7.10. The van der Waals surface area contributed by atoms with Crippen LogP contribution in [0.25, 0.3) is 0 Å². The molecule has 1 atom stereocenters. The Labute approximate surface area is 148 Å². The van der Waals surface area contributed by atoms with Crippen molar-refractivity contribution >= 4 is 6.09 Å². The number of benzene rings is 1. The molecule has 0 saturated heterocycles. The summed E-state index contributed by atoms with van der Waals surface area (Å²) in [5.74, 6) is -1.24. The third-order valence-electron chi connectivity index (χ3n) is 3.47. The van der Waals surface area contributed by atoms with Crippen LogP contribution in [0.2, 0.25) is 0 Å². The number of halogens is 2. The van der Waals surface area contributed by atoms with Crippen LogP contribution in [0.5, 0.6) is 0 Å². The van der Waals surface area contributed by atoms with Crippen molar-refractivity contribution in [1.29, 1.82) is 0 Å². The van der Waals surface area contributed by atoms with Gasteiger partial charge in [0, 0.05) is 31.7 Å². The van der Waals surface area contributed by atoms with E-state index in [2.05, 4.69) is 5.32 Å². The van der Waals surface area contributed by atoms with E-state index in [1.54, 1.807) is 11.9 Å². The van der Waals surface area contributed by atoms with Crippen molar-refractivity contribution in [2.24, 2.45) is 5.73 Å². The van der Waals surface area contributed by atoms with E-state index in [1.165, 1.54) is 12.1 Å². The van der Waals surface area contributed by atoms with E-state index in [0.29, 0.717) is 38.0 Å². The molecule has 5 nitrogen and oxygen atoms in total. The van der Waals surface area contributed by atoms with Crippen LogP contribution in [0.15, 0.2) is 18.2 Å². The minimum atomic E-state index is -0.619. The van der Waals surface area contributed by atoms with Gasteiger partial charge >= 0.3 is 6.09 Å². The fourth-order valence-electron chi connectivity index (χ4n) is 2.32. The van der Waals surface area contributed by atoms with Gasteiger partial charge in [0.25, 0.3) is 0 Å². The van der Waals surface area contributed by atoms with E-state index in [9.17, 15) is 13.6 Å². The molecule has 0 aliphatic heterocycles. The first kappa shape index (κ1) is 21.3. The second kappa shape index (κ2) is 9.68. The SMILES string of the molecule is CNCCN(CCC(N)Cc1cc(F)cc(F)c1)C(=O)OC(C)(C)C. The third kappa shape index (κ3) is 8.79. The number of hydrogen-bond donors (Lipinski definition) is 2. The van der Waals surface area contributed by atoms with E-state index < -0.39 is 23.3 Å². The van der Waals surface area contributed by atoms with Crippen LogP contribution in [-0.2, 0) is 11.2 Å². The Kier molecular flexibility index (Phi) is 8.25. The molecule has 1 rings (SSSR count). The third-order valence-corrected chi connectivity index (χ3v) is 3.47. The van der Waals surface area contributed by atoms with Gasteiger partial charge in [0.1, 0.15) is 17.2 Å². The molecule has 0 spiro atoms. The summed E-state index contributed by atoms with van der Waals surface area (Å²) in [6.07, 6.45) is 0.441. The molecule has 0 aliphatic rings. The van der Waals surface area contributed by atoms with Gasteiger partial charge in [-0.25, -0.2) is 13.6 Å². The topological polar surface area (TPSA) is 67.6 Å². The number of ether oxygens (including phenoxy) is 1. The van der Waals surface area contributed by atoms with Crippen molar-refractivity contribution in [3.05, 3.63) is 35.4 Å². The quantitative estimate of drug-likeness (QED) is 0.751. The number of nitrogens with two attached hydrogens (primary N) is 1. The number of carbonyl (C=O) groups excluding carboxylic acids is 1. The van der Waals surface area contributed by atoms with Gasteiger partial charge in [0.2, 0.25) is 0 Å². The number of amides is 1. The van der Waals surface area contributed by atoms with Crippen molar-refractivity contribution in [3.8, 4) is 0 Å². The summed E-state index contributed by atoms with van der Waals surface area (Å²) in [5.41, 5.74) is 6.00. The highest BCUT2D eigenvalue weighted by Gasteiger charge is 2.22. The first-order valence-electron chi connectivity index (χ1n) is 8.44. The van der Waals surface area contributed by atoms with Crippen molar-refractivity contribution < 1.29 is 18.3 Å². The van der Waals surface area contributed by atoms with Crippen LogP contribution >= 0.6 is 0 Å². The second-order valence-corrected chi connectivity index (χ2v) is 7.10. The average Bonchev–Trinajstić information content (AvgIpc) is 2.44. The molecular formula is C18H29F2N3O2. The zero-order valence-corrected chi connectivity index (χ0v) is 15.4. The van der Waals surface area contributed by atoms with Crippen molar-refractivity contribution in [2.45, 2.75) is 45.3 Å². The summed E-state index contributed by atoms with van der Waals surface area (Å²) in [6.45, 7) is 6.97. The standard InChI is InChI=1S/C18H29F2N3O2/c1-18(2,3)25-17(24)23(8-6-22-4)7-5-16(21)11-13-9-14(19)12-15(20)10-13/h9-10,12,16,22H,5-8,11,21H2,1-4H3. The van der Waals surface area contributed by atoms with Gasteiger partial charge < -0.3 is 20.7 Å². The highest BCUT2D eigenvalue weighted by Crippen LogP contribution is 2.13. The van der Waals surface area contributed by atoms with Crippen LogP contribution < -0.4 is 11.1 Å². The molecule has 0 radical (unpaired) electrons. The van der Waals surface area contributed by atoms with Crippen molar-refractivity contribution in [1.82, 2.24) is 10.2 Å². The molecular weight excluding hydrogens is 328 g/mol. The summed E-state index contributed by atoms with van der Waals surface area (Å²) in [6, 6.07) is 3.06. The zero-order valence-electron chi connectivity index (χ0n) is 15.4. The Hall–Kier alpha value is -1.73. The van der Waals surface area contributed by atoms with Crippen LogP contribution in [0.1, 0.15) is 32.8 Å². The lowest BCUT2D eigenvalue weighted by molar-refractivity contribution is 0.0248. The predicted octanol–water partition coefficient (Wildman–Crippen LogP) is 2.68. The first-order valence-corrected chi connectivity index (χ1v) is 8.44. The molecule has 0 aliphatic carbocycles. The Morgan fingerprint density at radius 3 is 2.36 bits per heavy atom. The normalized spacial score (nSPS) is 12.8. The van der Waals surface area contributed by atoms with E-state index in [0.717, 1.165) is 6.07 Å². The van der Waals surface area contributed by atoms with Gasteiger partial charge in [-0.3, -0.25) is 0 Å². The number of nitrogens with zero attached hydrogens (tertiary/aromatic N) is 1. The fraction of sp³-hybridized carbons (Fsp3) is 0.611. The Morgan fingerprint density at radius 2 is 1.84 bits per heavy atom. The van der Waals surface area contributed by atoms with Gasteiger partial charge in [-0.2, -0.15) is 0 Å². The summed E-state index contributed by atoms with van der Waals surface area (Å²) < 4.78 is 31.9. The molecule has 1 unspecified atom stereocenters. The van der Waals surface area contributed by atoms with Gasteiger partial charge in [-0.15, -0.1) is 0 Å². The molecule has 0 bridgehead atoms. The molecule has 0 heterocycles. The van der Waals surface area contributed by atoms with E-state index in [1.807, 2.05) is 20.8 Å². The Bertz CT molecular complexity index is 541. The van der Waals surface area contributed by atoms with E-state index in [4.69, 9.17) is 10.5 Å². The number of carbonyl (C=O) groups is 1. The maximum atomic E-state index is 13.2. The lowest BCUT2D eigenvalue weighted by atomic mass is 10.0. The molecule has 3 N–H and O–H groups in total. The van der Waals surface area contributed by atoms with Crippen molar-refractivity contribution in [2.75, 3.05) is 26.7 Å². The van der Waals surface area contributed by atoms with Crippen LogP contribution in [0.4, 0.5) is 13.6 Å². The average molecular weight is 357 g/mol. The number of rotatable bonds is 8. The van der Waals surface area contributed by atoms with Gasteiger partial charge in [0.05, 0.1) is 0 Å². The first-order chi connectivity index (χ1) is 11.6. The highest BCUT2D eigenvalue weighted by molar-refractivity contribution is 5.68. The minimum absolute atomic E-state index is 0.319. The lowest BCUT2D eigenvalue weighted by Crippen LogP contribution is -2.42. The van der Waals surface area contributed by atoms with Gasteiger partial charge in [-0.1, -0.05) is 0 Å². The van der Waals surface area contributed by atoms with E-state index >= 15 is 0 Å². The molecule has 0 saturated carbocycles. The van der Waals surface area contributed by atoms with Gasteiger partial charge in [0.15, 0.2) is 0 Å². The Balaban J connectivity index is 2.60. The molecule has 1 aromatic carbocycles. The van der Waals surface area contributed by atoms with Gasteiger partial charge in [-0.05, 0) is 58.4 Å². The summed E-state index contributed by atoms with van der Waals surface area (Å²) in [5, 5.41) is 2.99. The lowest BCUT2D eigenvalue weighted by Gasteiger charge is -2.28. The summed E-state index contributed by atoms with van der Waals surface area (Å²) >= 11 is 0. The number of nitrogens with one attached hydrogen (secondary N) is 1. The molecule has 1 amide bonds. The predicted molar refractivity (Wildman–Crippen MR) is 94.4 cm³/mol. The maximum absolute atomic E-state index is 13.2. The Morgan fingerprint density at radius 1 is 1.24 bits per heavy atom.